The third-order valence-electron chi connectivity index (χ3n) is 4.54. The van der Waals surface area contributed by atoms with E-state index in [1.54, 1.807) is 0 Å². The first-order chi connectivity index (χ1) is 8.79. The highest BCUT2D eigenvalue weighted by atomic mass is 16.5. The summed E-state index contributed by atoms with van der Waals surface area (Å²) in [6.45, 7) is 2.26. The fraction of sp³-hybridized carbons (Fsp3) is 1.00. The molecular formula is C15H32N2O. The van der Waals surface area contributed by atoms with Crippen molar-refractivity contribution < 1.29 is 4.74 Å². The van der Waals surface area contributed by atoms with E-state index in [0.29, 0.717) is 6.04 Å². The number of ether oxygens (including phenoxy) is 1. The van der Waals surface area contributed by atoms with Crippen molar-refractivity contribution in [3.05, 3.63) is 0 Å². The molecule has 1 unspecified atom stereocenters. The molecule has 0 saturated heterocycles. The van der Waals surface area contributed by atoms with E-state index in [1.807, 2.05) is 7.11 Å². The Morgan fingerprint density at radius 3 is 2.33 bits per heavy atom. The Kier molecular flexibility index (Phi) is 7.87. The average Bonchev–Trinajstić information content (AvgIpc) is 2.43. The van der Waals surface area contributed by atoms with Crippen molar-refractivity contribution in [1.29, 1.82) is 0 Å². The molecule has 0 aromatic carbocycles. The predicted molar refractivity (Wildman–Crippen MR) is 77.3 cm³/mol. The number of unbranched alkanes of at least 4 members (excludes halogenated alkanes) is 4. The number of rotatable bonds is 9. The number of hydrogen-bond donors (Lipinski definition) is 2. The highest BCUT2D eigenvalue weighted by Gasteiger charge is 2.39. The van der Waals surface area contributed by atoms with Crippen LogP contribution in [0.3, 0.4) is 0 Å². The second-order valence-corrected chi connectivity index (χ2v) is 5.75. The van der Waals surface area contributed by atoms with Gasteiger partial charge in [-0.2, -0.15) is 0 Å². The van der Waals surface area contributed by atoms with E-state index in [2.05, 4.69) is 12.3 Å². The maximum atomic E-state index is 5.87. The van der Waals surface area contributed by atoms with Crippen molar-refractivity contribution in [2.24, 2.45) is 5.84 Å². The molecule has 1 atom stereocenters. The third kappa shape index (κ3) is 4.52. The summed E-state index contributed by atoms with van der Waals surface area (Å²) in [4.78, 5) is 0. The summed E-state index contributed by atoms with van der Waals surface area (Å²) in [6, 6.07) is 0.324. The molecule has 18 heavy (non-hydrogen) atoms. The van der Waals surface area contributed by atoms with E-state index in [9.17, 15) is 0 Å². The Morgan fingerprint density at radius 2 is 1.78 bits per heavy atom. The smallest absolute Gasteiger partial charge is 0.0844 e. The molecule has 1 fully saturated rings. The third-order valence-corrected chi connectivity index (χ3v) is 4.54. The number of hydrogen-bond acceptors (Lipinski definition) is 3. The Bertz CT molecular complexity index is 203. The van der Waals surface area contributed by atoms with Crippen LogP contribution in [0.15, 0.2) is 0 Å². The molecule has 0 spiro atoms. The molecule has 1 saturated carbocycles. The molecule has 1 rings (SSSR count). The largest absolute Gasteiger partial charge is 0.377 e. The summed E-state index contributed by atoms with van der Waals surface area (Å²) in [5, 5.41) is 0. The number of nitrogens with one attached hydrogen (secondary N) is 1. The second kappa shape index (κ2) is 8.89. The Morgan fingerprint density at radius 1 is 1.11 bits per heavy atom. The van der Waals surface area contributed by atoms with Crippen LogP contribution in [-0.4, -0.2) is 18.8 Å². The van der Waals surface area contributed by atoms with E-state index in [4.69, 9.17) is 10.6 Å². The average molecular weight is 256 g/mol. The van der Waals surface area contributed by atoms with Crippen LogP contribution < -0.4 is 11.3 Å². The summed E-state index contributed by atoms with van der Waals surface area (Å²) in [7, 11) is 1.85. The van der Waals surface area contributed by atoms with Crippen molar-refractivity contribution in [2.75, 3.05) is 7.11 Å². The molecular weight excluding hydrogens is 224 g/mol. The molecule has 108 valence electrons. The Hall–Kier alpha value is -0.120. The summed E-state index contributed by atoms with van der Waals surface area (Å²) < 4.78 is 5.87. The van der Waals surface area contributed by atoms with E-state index >= 15 is 0 Å². The summed E-state index contributed by atoms with van der Waals surface area (Å²) in [6.07, 6.45) is 14.0. The first-order valence-electron chi connectivity index (χ1n) is 7.80. The van der Waals surface area contributed by atoms with E-state index in [-0.39, 0.29) is 5.60 Å². The lowest BCUT2D eigenvalue weighted by molar-refractivity contribution is -0.0698. The fourth-order valence-electron chi connectivity index (χ4n) is 3.30. The SMILES string of the molecule is CCCCCCCC(NN)C1(OC)CCCCC1. The van der Waals surface area contributed by atoms with Crippen molar-refractivity contribution in [2.45, 2.75) is 89.2 Å². The molecule has 1 aliphatic carbocycles. The molecule has 0 heterocycles. The monoisotopic (exact) mass is 256 g/mol. The van der Waals surface area contributed by atoms with Crippen LogP contribution >= 0.6 is 0 Å². The van der Waals surface area contributed by atoms with Gasteiger partial charge in [0.25, 0.3) is 0 Å². The highest BCUT2D eigenvalue weighted by Crippen LogP contribution is 2.35. The van der Waals surface area contributed by atoms with Crippen LogP contribution in [0.2, 0.25) is 0 Å². The standard InChI is InChI=1S/C15H32N2O/c1-3-4-5-6-8-11-14(17-16)15(18-2)12-9-7-10-13-15/h14,17H,3-13,16H2,1-2H3. The van der Waals surface area contributed by atoms with Crippen LogP contribution in [-0.2, 0) is 4.74 Å². The van der Waals surface area contributed by atoms with E-state index in [0.717, 1.165) is 19.3 Å². The number of methoxy groups -OCH3 is 1. The zero-order chi connectivity index (χ0) is 13.3. The number of hydrazine groups is 1. The van der Waals surface area contributed by atoms with Gasteiger partial charge in [0.05, 0.1) is 11.6 Å². The maximum Gasteiger partial charge on any atom is 0.0844 e. The van der Waals surface area contributed by atoms with Crippen molar-refractivity contribution >= 4 is 0 Å². The lowest BCUT2D eigenvalue weighted by atomic mass is 9.77. The molecule has 0 aromatic rings. The normalized spacial score (nSPS) is 20.8. The summed E-state index contributed by atoms with van der Waals surface area (Å²) in [5.41, 5.74) is 3.03. The minimum absolute atomic E-state index is 0.00223. The molecule has 0 amide bonds. The topological polar surface area (TPSA) is 47.3 Å². The van der Waals surface area contributed by atoms with Crippen molar-refractivity contribution in [3.8, 4) is 0 Å². The minimum atomic E-state index is -0.00223. The van der Waals surface area contributed by atoms with Crippen LogP contribution in [0.4, 0.5) is 0 Å². The molecule has 0 radical (unpaired) electrons. The maximum absolute atomic E-state index is 5.87. The molecule has 0 aliphatic heterocycles. The molecule has 0 bridgehead atoms. The van der Waals surface area contributed by atoms with Gasteiger partial charge in [-0.15, -0.1) is 0 Å². The fourth-order valence-corrected chi connectivity index (χ4v) is 3.30. The lowest BCUT2D eigenvalue weighted by Gasteiger charge is -2.42. The lowest BCUT2D eigenvalue weighted by Crippen LogP contribution is -2.55. The zero-order valence-electron chi connectivity index (χ0n) is 12.3. The van der Waals surface area contributed by atoms with Gasteiger partial charge in [-0.1, -0.05) is 58.3 Å². The van der Waals surface area contributed by atoms with Crippen LogP contribution in [0, 0.1) is 0 Å². The van der Waals surface area contributed by atoms with Gasteiger partial charge in [0.1, 0.15) is 0 Å². The van der Waals surface area contributed by atoms with Crippen molar-refractivity contribution in [1.82, 2.24) is 5.43 Å². The van der Waals surface area contributed by atoms with Gasteiger partial charge in [0.2, 0.25) is 0 Å². The first kappa shape index (κ1) is 15.9. The Labute approximate surface area is 113 Å². The molecule has 3 heteroatoms. The highest BCUT2D eigenvalue weighted by molar-refractivity contribution is 4.94. The predicted octanol–water partition coefficient (Wildman–Crippen LogP) is 3.53. The first-order valence-corrected chi connectivity index (χ1v) is 7.80. The van der Waals surface area contributed by atoms with Gasteiger partial charge in [-0.25, -0.2) is 0 Å². The summed E-state index contributed by atoms with van der Waals surface area (Å²) in [5.74, 6) is 5.78. The van der Waals surface area contributed by atoms with Gasteiger partial charge < -0.3 is 4.74 Å². The molecule has 3 N–H and O–H groups in total. The van der Waals surface area contributed by atoms with Gasteiger partial charge in [-0.05, 0) is 19.3 Å². The molecule has 3 nitrogen and oxygen atoms in total. The quantitative estimate of drug-likeness (QED) is 0.377. The Balaban J connectivity index is 2.37. The second-order valence-electron chi connectivity index (χ2n) is 5.75. The zero-order valence-corrected chi connectivity index (χ0v) is 12.3. The van der Waals surface area contributed by atoms with Gasteiger partial charge >= 0.3 is 0 Å². The minimum Gasteiger partial charge on any atom is -0.377 e. The van der Waals surface area contributed by atoms with Crippen molar-refractivity contribution in [3.63, 3.8) is 0 Å². The van der Waals surface area contributed by atoms with Gasteiger partial charge in [0, 0.05) is 7.11 Å². The molecule has 0 aromatic heterocycles. The number of nitrogens with two attached hydrogens (primary N) is 1. The summed E-state index contributed by atoms with van der Waals surface area (Å²) >= 11 is 0. The van der Waals surface area contributed by atoms with Crippen LogP contribution in [0.1, 0.15) is 77.6 Å². The molecule has 1 aliphatic rings. The van der Waals surface area contributed by atoms with E-state index < -0.39 is 0 Å². The van der Waals surface area contributed by atoms with Crippen LogP contribution in [0.25, 0.3) is 0 Å². The van der Waals surface area contributed by atoms with E-state index in [1.165, 1.54) is 51.4 Å². The van der Waals surface area contributed by atoms with Gasteiger partial charge in [-0.3, -0.25) is 11.3 Å². The van der Waals surface area contributed by atoms with Crippen LogP contribution in [0.5, 0.6) is 0 Å². The van der Waals surface area contributed by atoms with Gasteiger partial charge in [0.15, 0.2) is 0 Å².